The van der Waals surface area contributed by atoms with Crippen molar-refractivity contribution in [2.75, 3.05) is 44.7 Å². The number of fused-ring (bicyclic) bond motifs is 1. The number of anilines is 1. The molecule has 0 amide bonds. The van der Waals surface area contributed by atoms with Gasteiger partial charge in [0.05, 0.1) is 43.0 Å². The van der Waals surface area contributed by atoms with Crippen LogP contribution in [0.15, 0.2) is 36.9 Å². The molecule has 0 bridgehead atoms. The zero-order valence-electron chi connectivity index (χ0n) is 15.0. The van der Waals surface area contributed by atoms with E-state index in [1.807, 2.05) is 12.1 Å². The number of nitriles is 1. The first kappa shape index (κ1) is 17.1. The van der Waals surface area contributed by atoms with E-state index < -0.39 is 0 Å². The normalized spacial score (nSPS) is 14.9. The van der Waals surface area contributed by atoms with Gasteiger partial charge in [0.1, 0.15) is 11.6 Å². The van der Waals surface area contributed by atoms with Crippen molar-refractivity contribution in [3.8, 4) is 23.2 Å². The van der Waals surface area contributed by atoms with Crippen LogP contribution < -0.4 is 9.64 Å². The van der Waals surface area contributed by atoms with Crippen LogP contribution in [0, 0.1) is 11.3 Å². The Morgan fingerprint density at radius 3 is 2.56 bits per heavy atom. The molecule has 136 valence electrons. The minimum Gasteiger partial charge on any atom is -0.494 e. The summed E-state index contributed by atoms with van der Waals surface area (Å²) >= 11 is 0. The molecule has 27 heavy (non-hydrogen) atoms. The van der Waals surface area contributed by atoms with Crippen LogP contribution in [0.3, 0.4) is 0 Å². The summed E-state index contributed by atoms with van der Waals surface area (Å²) in [4.78, 5) is 22.3. The zero-order chi connectivity index (χ0) is 18.6. The number of hydrogen-bond acceptors (Lipinski definition) is 8. The number of hydrogen-bond donors (Lipinski definition) is 0. The highest BCUT2D eigenvalue weighted by Gasteiger charge is 2.23. The molecule has 0 saturated carbocycles. The zero-order valence-corrected chi connectivity index (χ0v) is 15.0. The van der Waals surface area contributed by atoms with E-state index in [1.165, 1.54) is 0 Å². The van der Waals surface area contributed by atoms with Gasteiger partial charge in [-0.15, -0.1) is 0 Å². The van der Waals surface area contributed by atoms with Crippen molar-refractivity contribution < 1.29 is 4.74 Å². The van der Waals surface area contributed by atoms with Gasteiger partial charge in [-0.2, -0.15) is 5.26 Å². The molecule has 1 saturated heterocycles. The van der Waals surface area contributed by atoms with Crippen LogP contribution in [-0.4, -0.2) is 64.7 Å². The number of pyridine rings is 2. The number of rotatable bonds is 4. The summed E-state index contributed by atoms with van der Waals surface area (Å²) in [5, 5.41) is 9.78. The van der Waals surface area contributed by atoms with E-state index >= 15 is 0 Å². The molecule has 0 spiro atoms. The van der Waals surface area contributed by atoms with Crippen molar-refractivity contribution in [2.45, 2.75) is 0 Å². The molecule has 0 aliphatic carbocycles. The van der Waals surface area contributed by atoms with Gasteiger partial charge in [-0.25, -0.2) is 9.97 Å². The van der Waals surface area contributed by atoms with Crippen LogP contribution in [0.2, 0.25) is 0 Å². The first-order chi connectivity index (χ1) is 13.3. The number of ether oxygens (including phenoxy) is 1. The molecule has 1 aliphatic rings. The van der Waals surface area contributed by atoms with Gasteiger partial charge < -0.3 is 9.64 Å². The van der Waals surface area contributed by atoms with E-state index in [2.05, 4.69) is 25.8 Å². The standard InChI is InChI=1S/C19H19N7O/c1-27-16-13-22-12-15-17(16)19(26-10-8-25(7-4-20)9-11-26)24-18(23-15)14-2-5-21-6-3-14/h2-3,5-6,12-13H,7-11H2,1H3. The second-order valence-corrected chi connectivity index (χ2v) is 6.26. The van der Waals surface area contributed by atoms with Gasteiger partial charge in [-0.3, -0.25) is 14.9 Å². The molecule has 0 aromatic carbocycles. The molecule has 1 fully saturated rings. The summed E-state index contributed by atoms with van der Waals surface area (Å²) in [7, 11) is 1.63. The maximum Gasteiger partial charge on any atom is 0.162 e. The Labute approximate surface area is 157 Å². The van der Waals surface area contributed by atoms with Crippen LogP contribution in [0.4, 0.5) is 5.82 Å². The Kier molecular flexibility index (Phi) is 4.77. The molecular formula is C19H19N7O. The summed E-state index contributed by atoms with van der Waals surface area (Å²) in [5.41, 5.74) is 1.64. The van der Waals surface area contributed by atoms with Gasteiger partial charge >= 0.3 is 0 Å². The van der Waals surface area contributed by atoms with Gasteiger partial charge in [0.25, 0.3) is 0 Å². The van der Waals surface area contributed by atoms with Gasteiger partial charge in [0.2, 0.25) is 0 Å². The molecule has 3 aromatic rings. The summed E-state index contributed by atoms with van der Waals surface area (Å²) in [6.45, 7) is 3.66. The molecule has 0 radical (unpaired) electrons. The van der Waals surface area contributed by atoms with Gasteiger partial charge in [-0.1, -0.05) is 0 Å². The lowest BCUT2D eigenvalue weighted by Gasteiger charge is -2.34. The Morgan fingerprint density at radius 1 is 1.07 bits per heavy atom. The maximum atomic E-state index is 8.92. The monoisotopic (exact) mass is 361 g/mol. The fourth-order valence-corrected chi connectivity index (χ4v) is 3.27. The minimum absolute atomic E-state index is 0.452. The number of piperazine rings is 1. The van der Waals surface area contributed by atoms with Crippen molar-refractivity contribution in [2.24, 2.45) is 0 Å². The van der Waals surface area contributed by atoms with E-state index in [1.54, 1.807) is 31.9 Å². The Morgan fingerprint density at radius 2 is 1.85 bits per heavy atom. The van der Waals surface area contributed by atoms with E-state index in [-0.39, 0.29) is 0 Å². The average Bonchev–Trinajstić information content (AvgIpc) is 2.74. The molecule has 0 atom stereocenters. The van der Waals surface area contributed by atoms with Crippen molar-refractivity contribution in [3.05, 3.63) is 36.9 Å². The highest BCUT2D eigenvalue weighted by molar-refractivity contribution is 5.95. The SMILES string of the molecule is COc1cncc2nc(-c3ccncc3)nc(N3CCN(CC#N)CC3)c12. The molecule has 8 heteroatoms. The second kappa shape index (κ2) is 7.51. The lowest BCUT2D eigenvalue weighted by atomic mass is 10.2. The Bertz CT molecular complexity index is 979. The van der Waals surface area contributed by atoms with E-state index in [0.29, 0.717) is 18.1 Å². The smallest absolute Gasteiger partial charge is 0.162 e. The van der Waals surface area contributed by atoms with Gasteiger partial charge in [0, 0.05) is 44.1 Å². The third kappa shape index (κ3) is 3.37. The molecule has 1 aliphatic heterocycles. The van der Waals surface area contributed by atoms with Crippen LogP contribution in [-0.2, 0) is 0 Å². The predicted octanol–water partition coefficient (Wildman–Crippen LogP) is 1.74. The maximum absolute atomic E-state index is 8.92. The fraction of sp³-hybridized carbons (Fsp3) is 0.316. The third-order valence-electron chi connectivity index (χ3n) is 4.68. The summed E-state index contributed by atoms with van der Waals surface area (Å²) in [6, 6.07) is 6.00. The molecule has 8 nitrogen and oxygen atoms in total. The van der Waals surface area contributed by atoms with Crippen LogP contribution in [0.5, 0.6) is 5.75 Å². The summed E-state index contributed by atoms with van der Waals surface area (Å²) in [6.07, 6.45) is 6.88. The van der Waals surface area contributed by atoms with E-state index in [4.69, 9.17) is 20.0 Å². The lowest BCUT2D eigenvalue weighted by molar-refractivity contribution is 0.286. The Balaban J connectivity index is 1.81. The van der Waals surface area contributed by atoms with Crippen LogP contribution in [0.1, 0.15) is 0 Å². The van der Waals surface area contributed by atoms with Crippen molar-refractivity contribution in [3.63, 3.8) is 0 Å². The number of nitrogens with zero attached hydrogens (tertiary/aromatic N) is 7. The molecule has 0 N–H and O–H groups in total. The highest BCUT2D eigenvalue weighted by atomic mass is 16.5. The number of methoxy groups -OCH3 is 1. The van der Waals surface area contributed by atoms with E-state index in [0.717, 1.165) is 48.5 Å². The molecule has 4 heterocycles. The highest BCUT2D eigenvalue weighted by Crippen LogP contribution is 2.33. The lowest BCUT2D eigenvalue weighted by Crippen LogP contribution is -2.46. The van der Waals surface area contributed by atoms with Crippen molar-refractivity contribution >= 4 is 16.7 Å². The first-order valence-electron chi connectivity index (χ1n) is 8.74. The van der Waals surface area contributed by atoms with Gasteiger partial charge in [0.15, 0.2) is 5.82 Å². The topological polar surface area (TPSA) is 91.1 Å². The molecular weight excluding hydrogens is 342 g/mol. The molecule has 3 aromatic heterocycles. The largest absolute Gasteiger partial charge is 0.494 e. The minimum atomic E-state index is 0.452. The van der Waals surface area contributed by atoms with Crippen molar-refractivity contribution in [1.82, 2.24) is 24.8 Å². The van der Waals surface area contributed by atoms with Gasteiger partial charge in [-0.05, 0) is 12.1 Å². The Hall–Kier alpha value is -3.31. The van der Waals surface area contributed by atoms with E-state index in [9.17, 15) is 0 Å². The summed E-state index contributed by atoms with van der Waals surface area (Å²) in [5.74, 6) is 2.13. The predicted molar refractivity (Wildman–Crippen MR) is 101 cm³/mol. The second-order valence-electron chi connectivity index (χ2n) is 6.26. The first-order valence-corrected chi connectivity index (χ1v) is 8.74. The quantitative estimate of drug-likeness (QED) is 0.649. The third-order valence-corrected chi connectivity index (χ3v) is 4.68. The fourth-order valence-electron chi connectivity index (χ4n) is 3.27. The molecule has 4 rings (SSSR count). The summed E-state index contributed by atoms with van der Waals surface area (Å²) < 4.78 is 5.53. The van der Waals surface area contributed by atoms with Crippen molar-refractivity contribution in [1.29, 1.82) is 5.26 Å². The molecule has 0 unspecified atom stereocenters. The van der Waals surface area contributed by atoms with Crippen LogP contribution in [0.25, 0.3) is 22.3 Å². The number of aromatic nitrogens is 4. The van der Waals surface area contributed by atoms with Crippen LogP contribution >= 0.6 is 0 Å². The average molecular weight is 361 g/mol.